The number of carbonyl (C=O) groups is 1. The van der Waals surface area contributed by atoms with Crippen LogP contribution >= 0.6 is 11.3 Å². The van der Waals surface area contributed by atoms with E-state index in [0.717, 1.165) is 24.4 Å². The number of carbonyl (C=O) groups excluding carboxylic acids is 1. The maximum absolute atomic E-state index is 12.2. The Morgan fingerprint density at radius 1 is 1.41 bits per heavy atom. The normalized spacial score (nSPS) is 20.5. The van der Waals surface area contributed by atoms with Gasteiger partial charge in [-0.1, -0.05) is 11.3 Å². The number of amides is 1. The molecular weight excluding hydrogens is 238 g/mol. The van der Waals surface area contributed by atoms with Gasteiger partial charge in [0.15, 0.2) is 0 Å². The highest BCUT2D eigenvalue weighted by atomic mass is 32.1. The summed E-state index contributed by atoms with van der Waals surface area (Å²) in [6, 6.07) is 0. The average molecular weight is 255 g/mol. The van der Waals surface area contributed by atoms with Crippen molar-refractivity contribution in [2.24, 2.45) is 0 Å². The van der Waals surface area contributed by atoms with E-state index in [1.807, 2.05) is 4.90 Å². The SMILES string of the molecule is CN1CCN(C(=O)c2nnc(N)s2)CC1(C)C. The molecule has 1 amide bonds. The Balaban J connectivity index is 2.11. The zero-order valence-electron chi connectivity index (χ0n) is 10.3. The van der Waals surface area contributed by atoms with E-state index in [1.54, 1.807) is 0 Å². The Hall–Kier alpha value is -1.21. The van der Waals surface area contributed by atoms with Crippen LogP contribution in [0.1, 0.15) is 23.6 Å². The van der Waals surface area contributed by atoms with Crippen LogP contribution in [0.15, 0.2) is 0 Å². The lowest BCUT2D eigenvalue weighted by molar-refractivity contribution is 0.0310. The van der Waals surface area contributed by atoms with Crippen LogP contribution in [0.2, 0.25) is 0 Å². The first-order chi connectivity index (χ1) is 7.90. The summed E-state index contributed by atoms with van der Waals surface area (Å²) < 4.78 is 0. The maximum atomic E-state index is 12.2. The molecule has 1 aliphatic heterocycles. The molecule has 0 aliphatic carbocycles. The largest absolute Gasteiger partial charge is 0.374 e. The topological polar surface area (TPSA) is 75.3 Å². The summed E-state index contributed by atoms with van der Waals surface area (Å²) in [6.45, 7) is 6.54. The van der Waals surface area contributed by atoms with Crippen molar-refractivity contribution in [2.45, 2.75) is 19.4 Å². The van der Waals surface area contributed by atoms with Crippen LogP contribution in [0.4, 0.5) is 5.13 Å². The van der Waals surface area contributed by atoms with E-state index in [4.69, 9.17) is 5.73 Å². The van der Waals surface area contributed by atoms with Gasteiger partial charge in [0, 0.05) is 25.2 Å². The monoisotopic (exact) mass is 255 g/mol. The molecule has 2 heterocycles. The third kappa shape index (κ3) is 2.39. The highest BCUT2D eigenvalue weighted by Crippen LogP contribution is 2.21. The van der Waals surface area contributed by atoms with Crippen molar-refractivity contribution in [3.05, 3.63) is 5.01 Å². The van der Waals surface area contributed by atoms with E-state index in [9.17, 15) is 4.79 Å². The number of aromatic nitrogens is 2. The van der Waals surface area contributed by atoms with E-state index in [1.165, 1.54) is 0 Å². The molecule has 17 heavy (non-hydrogen) atoms. The van der Waals surface area contributed by atoms with Crippen molar-refractivity contribution in [1.29, 1.82) is 0 Å². The molecule has 2 N–H and O–H groups in total. The molecule has 0 atom stereocenters. The number of hydrogen-bond donors (Lipinski definition) is 1. The lowest BCUT2D eigenvalue weighted by Gasteiger charge is -2.45. The first-order valence-electron chi connectivity index (χ1n) is 5.49. The predicted octanol–water partition coefficient (Wildman–Crippen LogP) is 0.286. The predicted molar refractivity (Wildman–Crippen MR) is 66.9 cm³/mol. The maximum Gasteiger partial charge on any atom is 0.285 e. The molecule has 94 valence electrons. The number of rotatable bonds is 1. The molecule has 0 unspecified atom stereocenters. The van der Waals surface area contributed by atoms with Crippen LogP contribution in [0.25, 0.3) is 0 Å². The van der Waals surface area contributed by atoms with E-state index in [-0.39, 0.29) is 11.4 Å². The van der Waals surface area contributed by atoms with E-state index in [2.05, 4.69) is 36.0 Å². The summed E-state index contributed by atoms with van der Waals surface area (Å²) >= 11 is 1.14. The fourth-order valence-corrected chi connectivity index (χ4v) is 2.45. The molecule has 7 heteroatoms. The van der Waals surface area contributed by atoms with Gasteiger partial charge in [0.05, 0.1) is 0 Å². The molecule has 0 radical (unpaired) electrons. The van der Waals surface area contributed by atoms with Crippen molar-refractivity contribution < 1.29 is 4.79 Å². The van der Waals surface area contributed by atoms with Gasteiger partial charge < -0.3 is 10.6 Å². The standard InChI is InChI=1S/C10H17N5OS/c1-10(2)6-15(5-4-14(10)3)8(16)7-12-13-9(11)17-7/h4-6H2,1-3H3,(H2,11,13). The number of nitrogen functional groups attached to an aromatic ring is 1. The Morgan fingerprint density at radius 3 is 2.65 bits per heavy atom. The van der Waals surface area contributed by atoms with Crippen LogP contribution in [-0.2, 0) is 0 Å². The summed E-state index contributed by atoms with van der Waals surface area (Å²) in [6.07, 6.45) is 0. The van der Waals surface area contributed by atoms with Gasteiger partial charge in [0.1, 0.15) is 0 Å². The van der Waals surface area contributed by atoms with Crippen LogP contribution in [0.3, 0.4) is 0 Å². The summed E-state index contributed by atoms with van der Waals surface area (Å²) in [5, 5.41) is 8.18. The molecule has 6 nitrogen and oxygen atoms in total. The highest BCUT2D eigenvalue weighted by Gasteiger charge is 2.34. The van der Waals surface area contributed by atoms with Crippen molar-refractivity contribution in [2.75, 3.05) is 32.4 Å². The minimum absolute atomic E-state index is 0.00978. The smallest absolute Gasteiger partial charge is 0.285 e. The minimum Gasteiger partial charge on any atom is -0.374 e. The van der Waals surface area contributed by atoms with Gasteiger partial charge in [-0.15, -0.1) is 10.2 Å². The molecule has 0 saturated carbocycles. The molecule has 1 aromatic heterocycles. The first-order valence-corrected chi connectivity index (χ1v) is 6.31. The van der Waals surface area contributed by atoms with Gasteiger partial charge in [-0.2, -0.15) is 0 Å². The van der Waals surface area contributed by atoms with Gasteiger partial charge in [-0.25, -0.2) is 0 Å². The zero-order valence-corrected chi connectivity index (χ0v) is 11.1. The van der Waals surface area contributed by atoms with Crippen molar-refractivity contribution >= 4 is 22.4 Å². The molecule has 1 aliphatic rings. The van der Waals surface area contributed by atoms with E-state index >= 15 is 0 Å². The second kappa shape index (κ2) is 4.23. The number of anilines is 1. The summed E-state index contributed by atoms with van der Waals surface area (Å²) in [5.74, 6) is -0.0691. The molecular formula is C10H17N5OS. The highest BCUT2D eigenvalue weighted by molar-refractivity contribution is 7.16. The number of nitrogens with two attached hydrogens (primary N) is 1. The van der Waals surface area contributed by atoms with Crippen LogP contribution in [0, 0.1) is 0 Å². The Labute approximate surface area is 104 Å². The molecule has 0 spiro atoms. The van der Waals surface area contributed by atoms with Gasteiger partial charge in [-0.3, -0.25) is 9.69 Å². The Kier molecular flexibility index (Phi) is 3.05. The van der Waals surface area contributed by atoms with Crippen LogP contribution in [-0.4, -0.2) is 58.1 Å². The van der Waals surface area contributed by atoms with Crippen molar-refractivity contribution in [1.82, 2.24) is 20.0 Å². The number of nitrogens with zero attached hydrogens (tertiary/aromatic N) is 4. The van der Waals surface area contributed by atoms with Crippen molar-refractivity contribution in [3.63, 3.8) is 0 Å². The molecule has 1 aromatic rings. The third-order valence-corrected chi connectivity index (χ3v) is 3.97. The quantitative estimate of drug-likeness (QED) is 0.780. The molecule has 0 bridgehead atoms. The Morgan fingerprint density at radius 2 is 2.12 bits per heavy atom. The van der Waals surface area contributed by atoms with Gasteiger partial charge >= 0.3 is 0 Å². The summed E-state index contributed by atoms with van der Waals surface area (Å²) in [4.78, 5) is 16.2. The molecule has 1 fully saturated rings. The van der Waals surface area contributed by atoms with Gasteiger partial charge in [-0.05, 0) is 20.9 Å². The third-order valence-electron chi connectivity index (χ3n) is 3.23. The van der Waals surface area contributed by atoms with Crippen LogP contribution < -0.4 is 5.73 Å². The molecule has 1 saturated heterocycles. The zero-order chi connectivity index (χ0) is 12.6. The molecule has 2 rings (SSSR count). The van der Waals surface area contributed by atoms with Gasteiger partial charge in [0.2, 0.25) is 10.1 Å². The second-order valence-corrected chi connectivity index (χ2v) is 5.92. The van der Waals surface area contributed by atoms with E-state index < -0.39 is 0 Å². The minimum atomic E-state index is -0.0691. The second-order valence-electron chi connectivity index (χ2n) is 4.91. The summed E-state index contributed by atoms with van der Waals surface area (Å²) in [7, 11) is 2.07. The van der Waals surface area contributed by atoms with E-state index in [0.29, 0.717) is 16.7 Å². The average Bonchev–Trinajstić information content (AvgIpc) is 2.68. The van der Waals surface area contributed by atoms with Gasteiger partial charge in [0.25, 0.3) is 5.91 Å². The Bertz CT molecular complexity index is 430. The summed E-state index contributed by atoms with van der Waals surface area (Å²) in [5.41, 5.74) is 5.48. The lowest BCUT2D eigenvalue weighted by Crippen LogP contribution is -2.58. The number of likely N-dealkylation sites (N-methyl/N-ethyl adjacent to an activating group) is 1. The molecule has 0 aromatic carbocycles. The first kappa shape index (κ1) is 12.3. The number of hydrogen-bond acceptors (Lipinski definition) is 6. The fraction of sp³-hybridized carbons (Fsp3) is 0.700. The number of piperazine rings is 1. The van der Waals surface area contributed by atoms with Crippen molar-refractivity contribution in [3.8, 4) is 0 Å². The fourth-order valence-electron chi connectivity index (χ4n) is 1.87. The van der Waals surface area contributed by atoms with Crippen LogP contribution in [0.5, 0.6) is 0 Å². The lowest BCUT2D eigenvalue weighted by atomic mass is 10.00.